The predicted molar refractivity (Wildman–Crippen MR) is 99.9 cm³/mol. The summed E-state index contributed by atoms with van der Waals surface area (Å²) in [6.45, 7) is 2.12. The molecule has 120 valence electrons. The molecular formula is C23H22O. The van der Waals surface area contributed by atoms with Crippen LogP contribution in [0.2, 0.25) is 0 Å². The highest BCUT2D eigenvalue weighted by Gasteiger charge is 2.28. The van der Waals surface area contributed by atoms with Gasteiger partial charge in [0.1, 0.15) is 6.10 Å². The Morgan fingerprint density at radius 2 is 1.58 bits per heavy atom. The predicted octanol–water partition coefficient (Wildman–Crippen LogP) is 6.38. The Balaban J connectivity index is 1.69. The number of hydrogen-bond donors (Lipinski definition) is 0. The quantitative estimate of drug-likeness (QED) is 0.499. The second-order valence-electron chi connectivity index (χ2n) is 6.42. The van der Waals surface area contributed by atoms with Crippen LogP contribution in [0.5, 0.6) is 0 Å². The molecule has 0 radical (unpaired) electrons. The first kappa shape index (κ1) is 15.2. The van der Waals surface area contributed by atoms with Crippen molar-refractivity contribution in [3.8, 4) is 0 Å². The average Bonchev–Trinajstić information content (AvgIpc) is 2.68. The van der Waals surface area contributed by atoms with E-state index in [1.807, 2.05) is 0 Å². The number of hydrogen-bond acceptors (Lipinski definition) is 1. The second kappa shape index (κ2) is 6.62. The van der Waals surface area contributed by atoms with Crippen molar-refractivity contribution >= 4 is 10.8 Å². The Morgan fingerprint density at radius 1 is 0.833 bits per heavy atom. The largest absolute Gasteiger partial charge is 0.361 e. The molecule has 3 aromatic rings. The van der Waals surface area contributed by atoms with Crippen molar-refractivity contribution in [2.45, 2.75) is 32.0 Å². The van der Waals surface area contributed by atoms with E-state index in [9.17, 15) is 0 Å². The highest BCUT2D eigenvalue weighted by atomic mass is 16.5. The highest BCUT2D eigenvalue weighted by Crippen LogP contribution is 2.42. The molecular weight excluding hydrogens is 292 g/mol. The molecule has 0 bridgehead atoms. The molecule has 4 rings (SSSR count). The van der Waals surface area contributed by atoms with Gasteiger partial charge in [0.25, 0.3) is 0 Å². The van der Waals surface area contributed by atoms with E-state index in [0.29, 0.717) is 0 Å². The lowest BCUT2D eigenvalue weighted by Crippen LogP contribution is -2.18. The summed E-state index contributed by atoms with van der Waals surface area (Å²) in [5, 5.41) is 2.55. The third-order valence-electron chi connectivity index (χ3n) is 4.95. The molecule has 3 aromatic carbocycles. The molecule has 0 N–H and O–H groups in total. The zero-order valence-electron chi connectivity index (χ0n) is 14.0. The minimum absolute atomic E-state index is 0.0542. The van der Waals surface area contributed by atoms with Crippen molar-refractivity contribution in [1.82, 2.24) is 0 Å². The summed E-state index contributed by atoms with van der Waals surface area (Å²) in [6.07, 6.45) is 4.59. The lowest BCUT2D eigenvalue weighted by atomic mass is 9.90. The summed E-state index contributed by atoms with van der Waals surface area (Å²) in [5.74, 6) is 0. The van der Waals surface area contributed by atoms with Crippen molar-refractivity contribution in [3.05, 3.63) is 95.6 Å². The fourth-order valence-electron chi connectivity index (χ4n) is 3.62. The van der Waals surface area contributed by atoms with E-state index in [1.54, 1.807) is 0 Å². The number of fused-ring (bicyclic) bond motifs is 1. The number of ether oxygens (including phenoxy) is 1. The van der Waals surface area contributed by atoms with Crippen LogP contribution in [0.25, 0.3) is 10.8 Å². The summed E-state index contributed by atoms with van der Waals surface area (Å²) in [7, 11) is 0. The first-order chi connectivity index (χ1) is 11.8. The van der Waals surface area contributed by atoms with Crippen LogP contribution in [0.1, 0.15) is 43.1 Å². The summed E-state index contributed by atoms with van der Waals surface area (Å²) >= 11 is 0. The van der Waals surface area contributed by atoms with Crippen LogP contribution in [0.15, 0.2) is 84.4 Å². The highest BCUT2D eigenvalue weighted by molar-refractivity contribution is 5.83. The summed E-state index contributed by atoms with van der Waals surface area (Å²) < 4.78 is 6.54. The van der Waals surface area contributed by atoms with Gasteiger partial charge in [-0.3, -0.25) is 0 Å². The van der Waals surface area contributed by atoms with Gasteiger partial charge in [0.15, 0.2) is 0 Å². The summed E-state index contributed by atoms with van der Waals surface area (Å²) in [5.41, 5.74) is 3.92. The van der Waals surface area contributed by atoms with Gasteiger partial charge in [-0.05, 0) is 53.3 Å². The van der Waals surface area contributed by atoms with Crippen molar-refractivity contribution < 1.29 is 4.74 Å². The zero-order valence-corrected chi connectivity index (χ0v) is 14.0. The normalized spacial score (nSPS) is 22.8. The SMILES string of the molecule is CC=C1CCC(c2ccccc2)OC1c1ccc2ccccc2c1. The summed E-state index contributed by atoms with van der Waals surface area (Å²) in [6, 6.07) is 25.8. The molecule has 1 fully saturated rings. The van der Waals surface area contributed by atoms with E-state index in [2.05, 4.69) is 85.8 Å². The maximum atomic E-state index is 6.54. The minimum Gasteiger partial charge on any atom is -0.361 e. The van der Waals surface area contributed by atoms with Gasteiger partial charge in [-0.25, -0.2) is 0 Å². The molecule has 2 unspecified atom stereocenters. The van der Waals surface area contributed by atoms with Crippen molar-refractivity contribution in [2.75, 3.05) is 0 Å². The Bertz CT molecular complexity index is 863. The number of benzene rings is 3. The molecule has 0 aromatic heterocycles. The lowest BCUT2D eigenvalue weighted by molar-refractivity contribution is -0.0222. The Labute approximate surface area is 143 Å². The fraction of sp³-hybridized carbons (Fsp3) is 0.217. The average molecular weight is 314 g/mol. The van der Waals surface area contributed by atoms with Gasteiger partial charge in [-0.2, -0.15) is 0 Å². The van der Waals surface area contributed by atoms with Crippen molar-refractivity contribution in [2.24, 2.45) is 0 Å². The van der Waals surface area contributed by atoms with E-state index in [1.165, 1.54) is 27.5 Å². The topological polar surface area (TPSA) is 9.23 Å². The summed E-state index contributed by atoms with van der Waals surface area (Å²) in [4.78, 5) is 0. The molecule has 0 amide bonds. The maximum absolute atomic E-state index is 6.54. The van der Waals surface area contributed by atoms with Crippen LogP contribution in [0.3, 0.4) is 0 Å². The molecule has 1 aliphatic heterocycles. The molecule has 1 saturated heterocycles. The van der Waals surface area contributed by atoms with Crippen molar-refractivity contribution in [3.63, 3.8) is 0 Å². The molecule has 2 atom stereocenters. The number of allylic oxidation sites excluding steroid dienone is 1. The Kier molecular flexibility index (Phi) is 4.18. The van der Waals surface area contributed by atoms with Gasteiger partial charge < -0.3 is 4.74 Å². The molecule has 1 aliphatic rings. The van der Waals surface area contributed by atoms with E-state index in [-0.39, 0.29) is 12.2 Å². The first-order valence-corrected chi connectivity index (χ1v) is 8.69. The van der Waals surface area contributed by atoms with E-state index >= 15 is 0 Å². The Morgan fingerprint density at radius 3 is 2.38 bits per heavy atom. The van der Waals surface area contributed by atoms with Gasteiger partial charge >= 0.3 is 0 Å². The molecule has 0 aliphatic carbocycles. The smallest absolute Gasteiger partial charge is 0.104 e. The molecule has 24 heavy (non-hydrogen) atoms. The van der Waals surface area contributed by atoms with Crippen LogP contribution in [-0.4, -0.2) is 0 Å². The van der Waals surface area contributed by atoms with Gasteiger partial charge in [-0.1, -0.05) is 72.8 Å². The van der Waals surface area contributed by atoms with Gasteiger partial charge in [-0.15, -0.1) is 0 Å². The second-order valence-corrected chi connectivity index (χ2v) is 6.42. The zero-order chi connectivity index (χ0) is 16.4. The maximum Gasteiger partial charge on any atom is 0.104 e. The van der Waals surface area contributed by atoms with Crippen LogP contribution in [0.4, 0.5) is 0 Å². The lowest BCUT2D eigenvalue weighted by Gasteiger charge is -2.33. The minimum atomic E-state index is 0.0542. The molecule has 1 nitrogen and oxygen atoms in total. The van der Waals surface area contributed by atoms with Crippen LogP contribution in [0, 0.1) is 0 Å². The molecule has 0 saturated carbocycles. The van der Waals surface area contributed by atoms with Crippen molar-refractivity contribution in [1.29, 1.82) is 0 Å². The van der Waals surface area contributed by atoms with Gasteiger partial charge in [0.2, 0.25) is 0 Å². The first-order valence-electron chi connectivity index (χ1n) is 8.69. The third-order valence-corrected chi connectivity index (χ3v) is 4.95. The van der Waals surface area contributed by atoms with E-state index < -0.39 is 0 Å². The monoisotopic (exact) mass is 314 g/mol. The van der Waals surface area contributed by atoms with Gasteiger partial charge in [0.05, 0.1) is 6.10 Å². The van der Waals surface area contributed by atoms with E-state index in [4.69, 9.17) is 4.74 Å². The fourth-order valence-corrected chi connectivity index (χ4v) is 3.62. The molecule has 1 heteroatoms. The number of rotatable bonds is 2. The van der Waals surface area contributed by atoms with E-state index in [0.717, 1.165) is 12.8 Å². The Hall–Kier alpha value is -2.38. The van der Waals surface area contributed by atoms with Crippen LogP contribution in [-0.2, 0) is 4.74 Å². The standard InChI is InChI=1S/C23H22O/c1-2-17-14-15-22(19-9-4-3-5-10-19)24-23(17)21-13-12-18-8-6-7-11-20(18)16-21/h2-13,16,22-23H,14-15H2,1H3. The molecule has 0 spiro atoms. The molecule has 1 heterocycles. The van der Waals surface area contributed by atoms with Crippen LogP contribution >= 0.6 is 0 Å². The van der Waals surface area contributed by atoms with Gasteiger partial charge in [0, 0.05) is 0 Å². The third kappa shape index (κ3) is 2.88. The van der Waals surface area contributed by atoms with Crippen LogP contribution < -0.4 is 0 Å².